The van der Waals surface area contributed by atoms with Gasteiger partial charge in [-0.15, -0.1) is 16.4 Å². The van der Waals surface area contributed by atoms with Gasteiger partial charge in [0.05, 0.1) is 11.2 Å². The van der Waals surface area contributed by atoms with Crippen LogP contribution in [0.15, 0.2) is 51.4 Å². The van der Waals surface area contributed by atoms with E-state index < -0.39 is 0 Å². The number of nitrogens with zero attached hydrogens (tertiary/aromatic N) is 3. The average molecular weight is 302 g/mol. The van der Waals surface area contributed by atoms with E-state index in [4.69, 9.17) is 0 Å². The van der Waals surface area contributed by atoms with Crippen LogP contribution in [-0.2, 0) is 0 Å². The number of thiazole rings is 1. The number of carbonyl (C=O) groups excluding carboxylic acids is 1. The van der Waals surface area contributed by atoms with Gasteiger partial charge in [0.2, 0.25) is 0 Å². The molecule has 7 heteroatoms. The standard InChI is InChI=1S/C13H10N4OS2/c18-12(11-6-19-8-14-11)15-13-17-16-10(7-20-13)9-4-2-1-3-5-9/h1-6,8H,7H2,(H,15,17,18). The van der Waals surface area contributed by atoms with E-state index >= 15 is 0 Å². The Morgan fingerprint density at radius 3 is 2.70 bits per heavy atom. The third kappa shape index (κ3) is 2.94. The highest BCUT2D eigenvalue weighted by atomic mass is 32.2. The van der Waals surface area contributed by atoms with Crippen LogP contribution in [0.2, 0.25) is 0 Å². The van der Waals surface area contributed by atoms with Crippen LogP contribution in [0.3, 0.4) is 0 Å². The van der Waals surface area contributed by atoms with Crippen molar-refractivity contribution in [3.05, 3.63) is 52.5 Å². The van der Waals surface area contributed by atoms with E-state index in [2.05, 4.69) is 20.5 Å². The Labute approximate surface area is 123 Å². The maximum Gasteiger partial charge on any atom is 0.276 e. The molecule has 2 aromatic rings. The van der Waals surface area contributed by atoms with Crippen molar-refractivity contribution < 1.29 is 4.79 Å². The summed E-state index contributed by atoms with van der Waals surface area (Å²) in [6.45, 7) is 0. The summed E-state index contributed by atoms with van der Waals surface area (Å²) in [5.41, 5.74) is 3.98. The van der Waals surface area contributed by atoms with E-state index in [0.717, 1.165) is 11.3 Å². The zero-order valence-electron chi connectivity index (χ0n) is 10.3. The Kier molecular flexibility index (Phi) is 3.89. The van der Waals surface area contributed by atoms with Gasteiger partial charge in [-0.3, -0.25) is 10.1 Å². The zero-order valence-corrected chi connectivity index (χ0v) is 11.9. The van der Waals surface area contributed by atoms with E-state index in [1.165, 1.54) is 23.1 Å². The summed E-state index contributed by atoms with van der Waals surface area (Å²) >= 11 is 2.84. The van der Waals surface area contributed by atoms with Gasteiger partial charge in [0.15, 0.2) is 5.17 Å². The zero-order chi connectivity index (χ0) is 13.8. The average Bonchev–Trinajstić information content (AvgIpc) is 3.03. The maximum atomic E-state index is 11.8. The smallest absolute Gasteiger partial charge is 0.276 e. The van der Waals surface area contributed by atoms with Crippen LogP contribution in [0.4, 0.5) is 0 Å². The number of nitrogens with one attached hydrogen (secondary N) is 1. The van der Waals surface area contributed by atoms with Crippen molar-refractivity contribution in [3.8, 4) is 0 Å². The maximum absolute atomic E-state index is 11.8. The molecule has 0 radical (unpaired) electrons. The summed E-state index contributed by atoms with van der Waals surface area (Å²) in [6.07, 6.45) is 0. The van der Waals surface area contributed by atoms with Gasteiger partial charge in [-0.25, -0.2) is 4.98 Å². The van der Waals surface area contributed by atoms with E-state index in [1.807, 2.05) is 30.3 Å². The van der Waals surface area contributed by atoms with Gasteiger partial charge in [0.25, 0.3) is 5.91 Å². The second kappa shape index (κ2) is 5.98. The summed E-state index contributed by atoms with van der Waals surface area (Å²) in [6, 6.07) is 9.88. The van der Waals surface area contributed by atoms with Crippen molar-refractivity contribution in [2.45, 2.75) is 0 Å². The summed E-state index contributed by atoms with van der Waals surface area (Å²) in [5, 5.41) is 13.1. The monoisotopic (exact) mass is 302 g/mol. The highest BCUT2D eigenvalue weighted by molar-refractivity contribution is 8.14. The van der Waals surface area contributed by atoms with E-state index in [-0.39, 0.29) is 5.91 Å². The molecule has 1 aliphatic heterocycles. The minimum Gasteiger partial charge on any atom is -0.298 e. The predicted octanol–water partition coefficient (Wildman–Crippen LogP) is 2.38. The number of hydrogen-bond acceptors (Lipinski definition) is 6. The summed E-state index contributed by atoms with van der Waals surface area (Å²) in [7, 11) is 0. The predicted molar refractivity (Wildman–Crippen MR) is 82.5 cm³/mol. The third-order valence-electron chi connectivity index (χ3n) is 2.60. The second-order valence-electron chi connectivity index (χ2n) is 3.93. The molecule has 0 unspecified atom stereocenters. The Bertz CT molecular complexity index is 665. The lowest BCUT2D eigenvalue weighted by molar-refractivity contribution is 0.0973. The molecular weight excluding hydrogens is 292 g/mol. The quantitative estimate of drug-likeness (QED) is 0.926. The van der Waals surface area contributed by atoms with Gasteiger partial charge in [-0.2, -0.15) is 5.10 Å². The number of amidine groups is 1. The van der Waals surface area contributed by atoms with Crippen LogP contribution in [0.1, 0.15) is 16.1 Å². The van der Waals surface area contributed by atoms with E-state index in [1.54, 1.807) is 10.9 Å². The van der Waals surface area contributed by atoms with Crippen LogP contribution >= 0.6 is 23.1 Å². The van der Waals surface area contributed by atoms with Gasteiger partial charge in [-0.1, -0.05) is 42.1 Å². The summed E-state index contributed by atoms with van der Waals surface area (Å²) in [4.78, 5) is 15.8. The Morgan fingerprint density at radius 1 is 1.20 bits per heavy atom. The van der Waals surface area contributed by atoms with Crippen molar-refractivity contribution >= 4 is 39.9 Å². The molecule has 100 valence electrons. The fourth-order valence-corrected chi connectivity index (χ4v) is 2.91. The number of benzene rings is 1. The molecule has 1 aliphatic rings. The van der Waals surface area contributed by atoms with Crippen molar-refractivity contribution in [1.82, 2.24) is 10.3 Å². The molecular formula is C13H10N4OS2. The van der Waals surface area contributed by atoms with Crippen LogP contribution < -0.4 is 5.32 Å². The first-order valence-corrected chi connectivity index (χ1v) is 7.78. The molecule has 0 saturated carbocycles. The molecule has 0 atom stereocenters. The Balaban J connectivity index is 1.70. The Morgan fingerprint density at radius 2 is 2.05 bits per heavy atom. The van der Waals surface area contributed by atoms with Gasteiger partial charge in [0, 0.05) is 11.1 Å². The number of thioether (sulfide) groups is 1. The van der Waals surface area contributed by atoms with Gasteiger partial charge in [0.1, 0.15) is 5.69 Å². The topological polar surface area (TPSA) is 66.7 Å². The van der Waals surface area contributed by atoms with Crippen LogP contribution in [-0.4, -0.2) is 27.5 Å². The molecule has 5 nitrogen and oxygen atoms in total. The van der Waals surface area contributed by atoms with Crippen molar-refractivity contribution in [3.63, 3.8) is 0 Å². The molecule has 1 aromatic heterocycles. The molecule has 0 aliphatic carbocycles. The molecule has 20 heavy (non-hydrogen) atoms. The molecule has 0 fully saturated rings. The minimum atomic E-state index is -0.254. The lowest BCUT2D eigenvalue weighted by atomic mass is 10.1. The van der Waals surface area contributed by atoms with Gasteiger partial charge >= 0.3 is 0 Å². The molecule has 0 bridgehead atoms. The molecule has 0 spiro atoms. The normalized spacial score (nSPS) is 14.4. The lowest BCUT2D eigenvalue weighted by Gasteiger charge is -2.12. The van der Waals surface area contributed by atoms with Crippen LogP contribution in [0.5, 0.6) is 0 Å². The molecule has 1 aromatic carbocycles. The molecule has 1 amide bonds. The number of rotatable bonds is 2. The largest absolute Gasteiger partial charge is 0.298 e. The fraction of sp³-hybridized carbons (Fsp3) is 0.0769. The SMILES string of the molecule is O=C(NC1=NN=C(c2ccccc2)CS1)c1cscn1. The lowest BCUT2D eigenvalue weighted by Crippen LogP contribution is -2.30. The first-order chi connectivity index (χ1) is 9.83. The van der Waals surface area contributed by atoms with Gasteiger partial charge in [-0.05, 0) is 5.56 Å². The highest BCUT2D eigenvalue weighted by Gasteiger charge is 2.16. The molecule has 3 rings (SSSR count). The number of carbonyl (C=O) groups is 1. The highest BCUT2D eigenvalue weighted by Crippen LogP contribution is 2.15. The molecule has 2 heterocycles. The second-order valence-corrected chi connectivity index (χ2v) is 5.62. The molecule has 0 saturated heterocycles. The molecule has 1 N–H and O–H groups in total. The van der Waals surface area contributed by atoms with Gasteiger partial charge < -0.3 is 0 Å². The summed E-state index contributed by atoms with van der Waals surface area (Å²) < 4.78 is 0. The minimum absolute atomic E-state index is 0.254. The van der Waals surface area contributed by atoms with Crippen LogP contribution in [0.25, 0.3) is 0 Å². The first-order valence-electron chi connectivity index (χ1n) is 5.85. The number of hydrogen-bond donors (Lipinski definition) is 1. The van der Waals surface area contributed by atoms with Crippen LogP contribution in [0, 0.1) is 0 Å². The first kappa shape index (κ1) is 13.0. The van der Waals surface area contributed by atoms with Crippen molar-refractivity contribution in [2.75, 3.05) is 5.75 Å². The number of amides is 1. The third-order valence-corrected chi connectivity index (χ3v) is 4.06. The van der Waals surface area contributed by atoms with E-state index in [9.17, 15) is 4.79 Å². The fourth-order valence-electron chi connectivity index (χ4n) is 1.62. The number of aromatic nitrogens is 1. The Hall–Kier alpha value is -1.99. The van der Waals surface area contributed by atoms with Crippen molar-refractivity contribution in [1.29, 1.82) is 0 Å². The van der Waals surface area contributed by atoms with E-state index in [0.29, 0.717) is 16.6 Å². The summed E-state index contributed by atoms with van der Waals surface area (Å²) in [5.74, 6) is 0.427. The van der Waals surface area contributed by atoms with Crippen molar-refractivity contribution in [2.24, 2.45) is 10.2 Å².